The molecule has 1 atom stereocenters. The monoisotopic (exact) mass is 400 g/mol. The SMILES string of the molecule is CC[C@@H](C)c1ccc(S(=O)(=O)NNC(=O)c2ccc(-n3cnnn3)cc2)cc1. The number of sulfonamides is 1. The third-order valence-corrected chi connectivity index (χ3v) is 5.68. The number of aromatic nitrogens is 4. The first kappa shape index (κ1) is 19.6. The normalized spacial score (nSPS) is 12.5. The van der Waals surface area contributed by atoms with Gasteiger partial charge in [0.25, 0.3) is 15.9 Å². The number of hydrogen-bond donors (Lipinski definition) is 2. The summed E-state index contributed by atoms with van der Waals surface area (Å²) in [6.45, 7) is 4.15. The highest BCUT2D eigenvalue weighted by molar-refractivity contribution is 7.89. The van der Waals surface area contributed by atoms with Crippen molar-refractivity contribution in [2.75, 3.05) is 0 Å². The van der Waals surface area contributed by atoms with Gasteiger partial charge in [-0.05, 0) is 64.7 Å². The molecular formula is C18H20N6O3S. The van der Waals surface area contributed by atoms with E-state index in [1.165, 1.54) is 23.1 Å². The fraction of sp³-hybridized carbons (Fsp3) is 0.222. The summed E-state index contributed by atoms with van der Waals surface area (Å²) in [5, 5.41) is 10.8. The first-order chi connectivity index (χ1) is 13.4. The first-order valence-corrected chi connectivity index (χ1v) is 10.1. The molecule has 0 saturated heterocycles. The van der Waals surface area contributed by atoms with E-state index in [0.29, 0.717) is 11.6 Å². The summed E-state index contributed by atoms with van der Waals surface area (Å²) in [6.07, 6.45) is 2.39. The number of tetrazole rings is 1. The van der Waals surface area contributed by atoms with Crippen LogP contribution in [0.1, 0.15) is 42.1 Å². The lowest BCUT2D eigenvalue weighted by molar-refractivity contribution is 0.0945. The van der Waals surface area contributed by atoms with E-state index >= 15 is 0 Å². The zero-order valence-corrected chi connectivity index (χ0v) is 16.2. The van der Waals surface area contributed by atoms with Gasteiger partial charge in [-0.3, -0.25) is 10.2 Å². The second kappa shape index (κ2) is 8.28. The Hall–Kier alpha value is -3.11. The molecule has 0 unspecified atom stereocenters. The van der Waals surface area contributed by atoms with E-state index in [0.717, 1.165) is 12.0 Å². The van der Waals surface area contributed by atoms with Gasteiger partial charge in [0.1, 0.15) is 6.33 Å². The van der Waals surface area contributed by atoms with Crippen molar-refractivity contribution in [2.24, 2.45) is 0 Å². The van der Waals surface area contributed by atoms with E-state index < -0.39 is 15.9 Å². The summed E-state index contributed by atoms with van der Waals surface area (Å²) in [7, 11) is -3.87. The van der Waals surface area contributed by atoms with Gasteiger partial charge < -0.3 is 0 Å². The Labute approximate surface area is 162 Å². The number of carbonyl (C=O) groups excluding carboxylic acids is 1. The van der Waals surface area contributed by atoms with Crippen molar-refractivity contribution in [3.8, 4) is 5.69 Å². The molecule has 1 aromatic heterocycles. The van der Waals surface area contributed by atoms with E-state index in [9.17, 15) is 13.2 Å². The van der Waals surface area contributed by atoms with Gasteiger partial charge in [-0.2, -0.15) is 0 Å². The van der Waals surface area contributed by atoms with Crippen LogP contribution in [0.2, 0.25) is 0 Å². The topological polar surface area (TPSA) is 119 Å². The Morgan fingerprint density at radius 1 is 1.11 bits per heavy atom. The molecule has 10 heteroatoms. The molecule has 1 amide bonds. The molecule has 0 aliphatic carbocycles. The third kappa shape index (κ3) is 4.41. The molecule has 0 spiro atoms. The minimum atomic E-state index is -3.87. The summed E-state index contributed by atoms with van der Waals surface area (Å²) < 4.78 is 26.2. The number of benzene rings is 2. The molecule has 9 nitrogen and oxygen atoms in total. The van der Waals surface area contributed by atoms with Crippen LogP contribution >= 0.6 is 0 Å². The number of nitrogens with zero attached hydrogens (tertiary/aromatic N) is 4. The predicted molar refractivity (Wildman–Crippen MR) is 102 cm³/mol. The molecule has 1 heterocycles. The molecule has 0 bridgehead atoms. The Morgan fingerprint density at radius 3 is 2.36 bits per heavy atom. The van der Waals surface area contributed by atoms with Gasteiger partial charge in [-0.15, -0.1) is 9.93 Å². The van der Waals surface area contributed by atoms with E-state index in [1.807, 2.05) is 0 Å². The number of carbonyl (C=O) groups is 1. The summed E-state index contributed by atoms with van der Waals surface area (Å²) in [5.74, 6) is -0.233. The smallest absolute Gasteiger partial charge is 0.266 e. The number of nitrogens with one attached hydrogen (secondary N) is 2. The molecular weight excluding hydrogens is 380 g/mol. The minimum absolute atomic E-state index is 0.0777. The summed E-state index contributed by atoms with van der Waals surface area (Å²) >= 11 is 0. The number of hydrazine groups is 1. The first-order valence-electron chi connectivity index (χ1n) is 8.66. The molecule has 3 aromatic rings. The van der Waals surface area contributed by atoms with Gasteiger partial charge in [-0.1, -0.05) is 26.0 Å². The predicted octanol–water partition coefficient (Wildman–Crippen LogP) is 1.80. The van der Waals surface area contributed by atoms with Crippen molar-refractivity contribution >= 4 is 15.9 Å². The standard InChI is InChI=1S/C18H20N6O3S/c1-3-13(2)14-6-10-17(11-7-14)28(26,27)23-20-18(25)15-4-8-16(9-5-15)24-12-19-21-22-24/h4-13,23H,3H2,1-2H3,(H,20,25)/t13-/m1/s1. The second-order valence-corrected chi connectivity index (χ2v) is 7.92. The molecule has 0 fully saturated rings. The van der Waals surface area contributed by atoms with Crippen LogP contribution in [0.3, 0.4) is 0 Å². The lowest BCUT2D eigenvalue weighted by Crippen LogP contribution is -2.41. The summed E-state index contributed by atoms with van der Waals surface area (Å²) in [6, 6.07) is 13.0. The van der Waals surface area contributed by atoms with Crippen LogP contribution in [0.25, 0.3) is 5.69 Å². The number of rotatable bonds is 7. The van der Waals surface area contributed by atoms with E-state index in [4.69, 9.17) is 0 Å². The van der Waals surface area contributed by atoms with Crippen molar-refractivity contribution < 1.29 is 13.2 Å². The van der Waals surface area contributed by atoms with Gasteiger partial charge in [0.15, 0.2) is 0 Å². The molecule has 28 heavy (non-hydrogen) atoms. The summed E-state index contributed by atoms with van der Waals surface area (Å²) in [4.78, 5) is 14.4. The van der Waals surface area contributed by atoms with Crippen LogP contribution in [0.15, 0.2) is 59.8 Å². The highest BCUT2D eigenvalue weighted by Gasteiger charge is 2.16. The highest BCUT2D eigenvalue weighted by atomic mass is 32.2. The van der Waals surface area contributed by atoms with Crippen molar-refractivity contribution in [1.29, 1.82) is 0 Å². The maximum absolute atomic E-state index is 12.4. The average molecular weight is 400 g/mol. The molecule has 3 rings (SSSR count). The molecule has 2 aromatic carbocycles. The lowest BCUT2D eigenvalue weighted by atomic mass is 9.99. The maximum atomic E-state index is 12.4. The van der Waals surface area contributed by atoms with Crippen LogP contribution < -0.4 is 10.3 Å². The Balaban J connectivity index is 1.64. The molecule has 0 aliphatic heterocycles. The van der Waals surface area contributed by atoms with Gasteiger partial charge in [0.05, 0.1) is 10.6 Å². The fourth-order valence-electron chi connectivity index (χ4n) is 2.50. The van der Waals surface area contributed by atoms with Crippen molar-refractivity contribution in [1.82, 2.24) is 30.5 Å². The quantitative estimate of drug-likeness (QED) is 0.584. The minimum Gasteiger partial charge on any atom is -0.273 e. The van der Waals surface area contributed by atoms with Gasteiger partial charge in [-0.25, -0.2) is 13.1 Å². The average Bonchev–Trinajstić information content (AvgIpc) is 3.26. The van der Waals surface area contributed by atoms with Crippen LogP contribution in [0.5, 0.6) is 0 Å². The van der Waals surface area contributed by atoms with Crippen LogP contribution in [0, 0.1) is 0 Å². The zero-order chi connectivity index (χ0) is 20.1. The van der Waals surface area contributed by atoms with E-state index in [2.05, 4.69) is 39.6 Å². The summed E-state index contributed by atoms with van der Waals surface area (Å²) in [5.41, 5.74) is 4.23. The van der Waals surface area contributed by atoms with Crippen molar-refractivity contribution in [2.45, 2.75) is 31.1 Å². The lowest BCUT2D eigenvalue weighted by Gasteiger charge is -2.11. The molecule has 0 aliphatic rings. The van der Waals surface area contributed by atoms with Crippen LogP contribution in [-0.4, -0.2) is 34.5 Å². The highest BCUT2D eigenvalue weighted by Crippen LogP contribution is 2.20. The van der Waals surface area contributed by atoms with Gasteiger partial charge in [0.2, 0.25) is 0 Å². The third-order valence-electron chi connectivity index (χ3n) is 4.41. The number of hydrogen-bond acceptors (Lipinski definition) is 6. The maximum Gasteiger partial charge on any atom is 0.266 e. The fourth-order valence-corrected chi connectivity index (χ4v) is 3.34. The van der Waals surface area contributed by atoms with Gasteiger partial charge in [0, 0.05) is 5.56 Å². The number of amides is 1. The van der Waals surface area contributed by atoms with Crippen molar-refractivity contribution in [3.63, 3.8) is 0 Å². The second-order valence-electron chi connectivity index (χ2n) is 6.24. The van der Waals surface area contributed by atoms with E-state index in [1.54, 1.807) is 36.4 Å². The van der Waals surface area contributed by atoms with Crippen molar-refractivity contribution in [3.05, 3.63) is 66.0 Å². The molecule has 146 valence electrons. The molecule has 0 radical (unpaired) electrons. The van der Waals surface area contributed by atoms with E-state index in [-0.39, 0.29) is 10.5 Å². The zero-order valence-electron chi connectivity index (χ0n) is 15.4. The van der Waals surface area contributed by atoms with Crippen LogP contribution in [0.4, 0.5) is 0 Å². The molecule has 0 saturated carbocycles. The Bertz CT molecular complexity index is 1030. The Morgan fingerprint density at radius 2 is 1.79 bits per heavy atom. The van der Waals surface area contributed by atoms with Gasteiger partial charge >= 0.3 is 0 Å². The van der Waals surface area contributed by atoms with Crippen LogP contribution in [-0.2, 0) is 10.0 Å². The largest absolute Gasteiger partial charge is 0.273 e. The molecule has 2 N–H and O–H groups in total. The Kier molecular flexibility index (Phi) is 5.81.